The molecule has 2 aromatic heterocycles. The summed E-state index contributed by atoms with van der Waals surface area (Å²) in [7, 11) is 0. The lowest BCUT2D eigenvalue weighted by atomic mass is 9.99. The molecule has 0 aliphatic heterocycles. The summed E-state index contributed by atoms with van der Waals surface area (Å²) in [5.41, 5.74) is 7.18. The topological polar surface area (TPSA) is 147 Å². The van der Waals surface area contributed by atoms with Crippen LogP contribution in [0.1, 0.15) is 28.8 Å². The summed E-state index contributed by atoms with van der Waals surface area (Å²) in [6, 6.07) is 1.88. The Morgan fingerprint density at radius 3 is 2.80 bits per heavy atom. The maximum Gasteiger partial charge on any atom is 0.266 e. The summed E-state index contributed by atoms with van der Waals surface area (Å²) in [6.07, 6.45) is 3.47. The van der Waals surface area contributed by atoms with Crippen molar-refractivity contribution in [2.45, 2.75) is 33.2 Å². The van der Waals surface area contributed by atoms with Crippen LogP contribution in [0, 0.1) is 25.2 Å². The fourth-order valence-corrected chi connectivity index (χ4v) is 2.56. The van der Waals surface area contributed by atoms with E-state index < -0.39 is 11.5 Å². The first-order valence-electron chi connectivity index (χ1n) is 7.55. The van der Waals surface area contributed by atoms with Gasteiger partial charge in [-0.05, 0) is 31.4 Å². The number of aromatic amines is 1. The van der Waals surface area contributed by atoms with E-state index in [0.29, 0.717) is 23.4 Å². The second-order valence-corrected chi connectivity index (χ2v) is 5.61. The number of anilines is 1. The van der Waals surface area contributed by atoms with Gasteiger partial charge in [0.25, 0.3) is 5.56 Å². The quantitative estimate of drug-likeness (QED) is 0.682. The second-order valence-electron chi connectivity index (χ2n) is 5.61. The molecule has 2 rings (SSSR count). The van der Waals surface area contributed by atoms with Gasteiger partial charge >= 0.3 is 0 Å². The third-order valence-electron chi connectivity index (χ3n) is 3.76. The molecule has 2 heterocycles. The summed E-state index contributed by atoms with van der Waals surface area (Å²) in [4.78, 5) is 37.2. The Bertz CT molecular complexity index is 919. The van der Waals surface area contributed by atoms with Crippen molar-refractivity contribution in [2.75, 3.05) is 5.32 Å². The number of rotatable bonds is 6. The van der Waals surface area contributed by atoms with Crippen LogP contribution in [0.3, 0.4) is 0 Å². The number of amides is 2. The molecule has 0 fully saturated rings. The Balaban J connectivity index is 2.03. The zero-order chi connectivity index (χ0) is 18.6. The molecular formula is C16H18N6O3. The van der Waals surface area contributed by atoms with E-state index in [1.54, 1.807) is 13.8 Å². The molecule has 2 aromatic rings. The molecule has 0 unspecified atom stereocenters. The number of primary amides is 1. The monoisotopic (exact) mass is 342 g/mol. The normalized spacial score (nSPS) is 10.3. The Kier molecular flexibility index (Phi) is 5.34. The molecule has 0 aliphatic rings. The number of H-pyrrole nitrogens is 1. The number of nitriles is 1. The van der Waals surface area contributed by atoms with Crippen LogP contribution < -0.4 is 16.6 Å². The highest BCUT2D eigenvalue weighted by Crippen LogP contribution is 2.15. The summed E-state index contributed by atoms with van der Waals surface area (Å²) in [6.45, 7) is 3.36. The van der Waals surface area contributed by atoms with Crippen LogP contribution in [0.25, 0.3) is 0 Å². The molecule has 9 heteroatoms. The zero-order valence-electron chi connectivity index (χ0n) is 13.9. The third kappa shape index (κ3) is 4.32. The van der Waals surface area contributed by atoms with Crippen LogP contribution in [-0.2, 0) is 22.6 Å². The predicted octanol–water partition coefficient (Wildman–Crippen LogP) is 0.117. The Labute approximate surface area is 143 Å². The van der Waals surface area contributed by atoms with E-state index in [2.05, 4.69) is 15.4 Å². The smallest absolute Gasteiger partial charge is 0.266 e. The summed E-state index contributed by atoms with van der Waals surface area (Å²) < 4.78 is 1.33. The highest BCUT2D eigenvalue weighted by Gasteiger charge is 2.14. The van der Waals surface area contributed by atoms with Gasteiger partial charge < -0.3 is 16.0 Å². The first-order valence-corrected chi connectivity index (χ1v) is 7.55. The molecule has 0 atom stereocenters. The highest BCUT2D eigenvalue weighted by molar-refractivity contribution is 5.90. The van der Waals surface area contributed by atoms with Gasteiger partial charge in [-0.1, -0.05) is 0 Å². The van der Waals surface area contributed by atoms with Gasteiger partial charge in [-0.3, -0.25) is 19.1 Å². The van der Waals surface area contributed by atoms with Crippen molar-refractivity contribution in [1.29, 1.82) is 5.26 Å². The van der Waals surface area contributed by atoms with E-state index in [1.165, 1.54) is 17.1 Å². The van der Waals surface area contributed by atoms with Crippen molar-refractivity contribution >= 4 is 17.5 Å². The van der Waals surface area contributed by atoms with Gasteiger partial charge in [0.2, 0.25) is 11.8 Å². The minimum atomic E-state index is -0.529. The first kappa shape index (κ1) is 17.9. The second kappa shape index (κ2) is 7.44. The van der Waals surface area contributed by atoms with Crippen molar-refractivity contribution < 1.29 is 9.59 Å². The maximum absolute atomic E-state index is 12.1. The molecule has 0 saturated heterocycles. The van der Waals surface area contributed by atoms with Crippen LogP contribution in [0.15, 0.2) is 17.2 Å². The van der Waals surface area contributed by atoms with E-state index in [-0.39, 0.29) is 24.4 Å². The van der Waals surface area contributed by atoms with Crippen LogP contribution >= 0.6 is 0 Å². The molecule has 130 valence electrons. The van der Waals surface area contributed by atoms with Crippen LogP contribution in [0.4, 0.5) is 5.69 Å². The Morgan fingerprint density at radius 2 is 2.16 bits per heavy atom. The Hall–Kier alpha value is -3.41. The molecular weight excluding hydrogens is 324 g/mol. The fraction of sp³-hybridized carbons (Fsp3) is 0.312. The van der Waals surface area contributed by atoms with E-state index in [0.717, 1.165) is 5.56 Å². The van der Waals surface area contributed by atoms with Gasteiger partial charge in [-0.25, -0.2) is 0 Å². The summed E-state index contributed by atoms with van der Waals surface area (Å²) in [5.74, 6) is -0.777. The van der Waals surface area contributed by atoms with Crippen molar-refractivity contribution in [3.8, 4) is 6.07 Å². The van der Waals surface area contributed by atoms with Gasteiger partial charge in [0.1, 0.15) is 18.2 Å². The van der Waals surface area contributed by atoms with Crippen LogP contribution in [0.2, 0.25) is 0 Å². The van der Waals surface area contributed by atoms with Crippen molar-refractivity contribution in [1.82, 2.24) is 14.8 Å². The lowest BCUT2D eigenvalue weighted by Crippen LogP contribution is -2.19. The average molecular weight is 342 g/mol. The minimum Gasteiger partial charge on any atom is -0.368 e. The standard InChI is InChI=1S/C16H18N6O3/c1-9-12(10(2)20-16(25)13(9)5-17)3-4-15(24)21-11-6-19-22(7-11)8-14(18)23/h6-7H,3-4,8H2,1-2H3,(H2,18,23)(H,20,25)(H,21,24). The maximum atomic E-state index is 12.1. The van der Waals surface area contributed by atoms with Gasteiger partial charge in [-0.2, -0.15) is 10.4 Å². The molecule has 9 nitrogen and oxygen atoms in total. The van der Waals surface area contributed by atoms with Gasteiger partial charge in [0.15, 0.2) is 0 Å². The van der Waals surface area contributed by atoms with E-state index in [9.17, 15) is 14.4 Å². The highest BCUT2D eigenvalue weighted by atomic mass is 16.2. The predicted molar refractivity (Wildman–Crippen MR) is 89.6 cm³/mol. The number of aryl methyl sites for hydroxylation is 1. The number of hydrogen-bond acceptors (Lipinski definition) is 5. The fourth-order valence-electron chi connectivity index (χ4n) is 2.56. The minimum absolute atomic E-state index is 0.0636. The van der Waals surface area contributed by atoms with Crippen molar-refractivity contribution in [3.63, 3.8) is 0 Å². The molecule has 0 saturated carbocycles. The van der Waals surface area contributed by atoms with Gasteiger partial charge in [-0.15, -0.1) is 0 Å². The Morgan fingerprint density at radius 1 is 1.44 bits per heavy atom. The number of pyridine rings is 1. The zero-order valence-corrected chi connectivity index (χ0v) is 13.9. The molecule has 0 aromatic carbocycles. The SMILES string of the molecule is Cc1[nH]c(=O)c(C#N)c(C)c1CCC(=O)Nc1cnn(CC(N)=O)c1. The number of carbonyl (C=O) groups excluding carboxylic acids is 2. The molecule has 0 radical (unpaired) electrons. The number of aromatic nitrogens is 3. The molecule has 25 heavy (non-hydrogen) atoms. The van der Waals surface area contributed by atoms with Crippen molar-refractivity contribution in [3.05, 3.63) is 45.1 Å². The summed E-state index contributed by atoms with van der Waals surface area (Å²) in [5, 5.41) is 15.6. The first-order chi connectivity index (χ1) is 11.8. The van der Waals surface area contributed by atoms with E-state index in [4.69, 9.17) is 11.0 Å². The van der Waals surface area contributed by atoms with E-state index in [1.807, 2.05) is 6.07 Å². The van der Waals surface area contributed by atoms with Crippen LogP contribution in [-0.4, -0.2) is 26.6 Å². The van der Waals surface area contributed by atoms with Crippen LogP contribution in [0.5, 0.6) is 0 Å². The number of carbonyl (C=O) groups is 2. The van der Waals surface area contributed by atoms with Gasteiger partial charge in [0, 0.05) is 18.3 Å². The number of hydrogen-bond donors (Lipinski definition) is 3. The average Bonchev–Trinajstić information content (AvgIpc) is 2.93. The molecule has 2 amide bonds. The lowest BCUT2D eigenvalue weighted by Gasteiger charge is -2.10. The lowest BCUT2D eigenvalue weighted by molar-refractivity contribution is -0.118. The molecule has 0 spiro atoms. The number of nitrogens with two attached hydrogens (primary N) is 1. The van der Waals surface area contributed by atoms with E-state index >= 15 is 0 Å². The number of nitrogens with zero attached hydrogens (tertiary/aromatic N) is 3. The number of nitrogens with one attached hydrogen (secondary N) is 2. The molecule has 0 aliphatic carbocycles. The molecule has 0 bridgehead atoms. The summed E-state index contributed by atoms with van der Waals surface area (Å²) >= 11 is 0. The van der Waals surface area contributed by atoms with Gasteiger partial charge in [0.05, 0.1) is 11.9 Å². The van der Waals surface area contributed by atoms with Crippen molar-refractivity contribution in [2.24, 2.45) is 5.73 Å². The largest absolute Gasteiger partial charge is 0.368 e. The molecule has 4 N–H and O–H groups in total. The third-order valence-corrected chi connectivity index (χ3v) is 3.76.